The molecule has 1 aliphatic carbocycles. The van der Waals surface area contributed by atoms with E-state index in [1.807, 2.05) is 84.9 Å². The Hall–Kier alpha value is -8.46. The molecule has 1 aliphatic heterocycles. The van der Waals surface area contributed by atoms with Crippen molar-refractivity contribution in [3.05, 3.63) is 234 Å². The van der Waals surface area contributed by atoms with Crippen LogP contribution < -0.4 is 4.74 Å². The van der Waals surface area contributed by atoms with Gasteiger partial charge in [-0.15, -0.1) is 0 Å². The van der Waals surface area contributed by atoms with E-state index in [0.29, 0.717) is 23.0 Å². The summed E-state index contributed by atoms with van der Waals surface area (Å²) in [5, 5.41) is 11.7. The Kier molecular flexibility index (Phi) is 8.06. The lowest BCUT2D eigenvalue weighted by Gasteiger charge is -2.40. The van der Waals surface area contributed by atoms with Crippen molar-refractivity contribution in [2.45, 2.75) is 5.41 Å². The van der Waals surface area contributed by atoms with Crippen LogP contribution in [0.1, 0.15) is 27.8 Å². The number of hydrogen-bond acceptors (Lipinski definition) is 5. The van der Waals surface area contributed by atoms with E-state index >= 15 is 0 Å². The number of nitriles is 1. The number of ether oxygens (including phenoxy) is 1. The largest absolute Gasteiger partial charge is 0.456 e. The monoisotopic (exact) mass is 790 g/mol. The second kappa shape index (κ2) is 14.1. The highest BCUT2D eigenvalue weighted by Gasteiger charge is 2.52. The van der Waals surface area contributed by atoms with Crippen molar-refractivity contribution in [1.29, 1.82) is 5.26 Å². The van der Waals surface area contributed by atoms with Crippen LogP contribution >= 0.6 is 0 Å². The number of benzene rings is 9. The fourth-order valence-corrected chi connectivity index (χ4v) is 9.81. The van der Waals surface area contributed by atoms with Crippen molar-refractivity contribution in [2.24, 2.45) is 0 Å². The van der Waals surface area contributed by atoms with Gasteiger partial charge in [-0.05, 0) is 67.9 Å². The molecule has 1 atom stereocenters. The Morgan fingerprint density at radius 2 is 0.903 bits per heavy atom. The number of aromatic nitrogens is 3. The molecule has 5 heteroatoms. The van der Waals surface area contributed by atoms with Gasteiger partial charge in [0.1, 0.15) is 11.5 Å². The predicted molar refractivity (Wildman–Crippen MR) is 247 cm³/mol. The molecule has 1 spiro atoms. The Balaban J connectivity index is 1.11. The van der Waals surface area contributed by atoms with Gasteiger partial charge in [0.05, 0.1) is 17.0 Å². The average Bonchev–Trinajstić information content (AvgIpc) is 3.65. The highest BCUT2D eigenvalue weighted by molar-refractivity contribution is 6.06. The molecule has 5 nitrogen and oxygen atoms in total. The highest BCUT2D eigenvalue weighted by atomic mass is 16.5. The predicted octanol–water partition coefficient (Wildman–Crippen LogP) is 13.7. The molecule has 288 valence electrons. The number of fused-ring (bicyclic) bond motifs is 10. The molecule has 0 amide bonds. The van der Waals surface area contributed by atoms with Crippen molar-refractivity contribution in [3.63, 3.8) is 0 Å². The van der Waals surface area contributed by atoms with Gasteiger partial charge in [-0.25, -0.2) is 15.0 Å². The van der Waals surface area contributed by atoms with Crippen molar-refractivity contribution in [2.75, 3.05) is 0 Å². The minimum absolute atomic E-state index is 0.615. The molecule has 12 rings (SSSR count). The van der Waals surface area contributed by atoms with Gasteiger partial charge in [-0.1, -0.05) is 188 Å². The van der Waals surface area contributed by atoms with Crippen LogP contribution in [0.3, 0.4) is 0 Å². The maximum Gasteiger partial charge on any atom is 0.164 e. The summed E-state index contributed by atoms with van der Waals surface area (Å²) in [6.45, 7) is 0. The number of para-hydroxylation sites is 2. The van der Waals surface area contributed by atoms with Crippen LogP contribution in [0.2, 0.25) is 0 Å². The minimum Gasteiger partial charge on any atom is -0.456 e. The van der Waals surface area contributed by atoms with E-state index in [2.05, 4.69) is 127 Å². The molecular weight excluding hydrogens is 757 g/mol. The van der Waals surface area contributed by atoms with Crippen LogP contribution in [-0.2, 0) is 5.41 Å². The first kappa shape index (κ1) is 35.5. The fourth-order valence-electron chi connectivity index (χ4n) is 9.81. The average molecular weight is 791 g/mol. The smallest absolute Gasteiger partial charge is 0.164 e. The van der Waals surface area contributed by atoms with E-state index in [1.54, 1.807) is 0 Å². The molecule has 0 saturated heterocycles. The van der Waals surface area contributed by atoms with Gasteiger partial charge in [0.15, 0.2) is 17.5 Å². The van der Waals surface area contributed by atoms with Gasteiger partial charge < -0.3 is 4.74 Å². The molecule has 62 heavy (non-hydrogen) atoms. The van der Waals surface area contributed by atoms with Crippen LogP contribution in [0, 0.1) is 11.3 Å². The molecule has 9 aromatic carbocycles. The zero-order valence-corrected chi connectivity index (χ0v) is 33.3. The Bertz CT molecular complexity index is 3390. The molecule has 10 aromatic rings. The molecule has 0 N–H and O–H groups in total. The first-order valence-electron chi connectivity index (χ1n) is 20.7. The second-order valence-corrected chi connectivity index (χ2v) is 15.7. The Labute approximate surface area is 358 Å². The van der Waals surface area contributed by atoms with E-state index in [0.717, 1.165) is 89.0 Å². The number of hydrogen-bond donors (Lipinski definition) is 0. The molecule has 1 unspecified atom stereocenters. The summed E-state index contributed by atoms with van der Waals surface area (Å²) >= 11 is 0. The zero-order chi connectivity index (χ0) is 41.2. The van der Waals surface area contributed by atoms with Gasteiger partial charge >= 0.3 is 0 Å². The quantitative estimate of drug-likeness (QED) is 0.174. The van der Waals surface area contributed by atoms with Gasteiger partial charge in [0, 0.05) is 33.4 Å². The highest BCUT2D eigenvalue weighted by Crippen LogP contribution is 2.64. The van der Waals surface area contributed by atoms with Gasteiger partial charge in [-0.2, -0.15) is 5.26 Å². The van der Waals surface area contributed by atoms with Gasteiger partial charge in [-0.3, -0.25) is 0 Å². The van der Waals surface area contributed by atoms with Crippen LogP contribution in [0.4, 0.5) is 0 Å². The van der Waals surface area contributed by atoms with E-state index in [-0.39, 0.29) is 0 Å². The lowest BCUT2D eigenvalue weighted by molar-refractivity contribution is 0.438. The van der Waals surface area contributed by atoms with Crippen LogP contribution in [0.15, 0.2) is 206 Å². The van der Waals surface area contributed by atoms with Crippen LogP contribution in [0.5, 0.6) is 11.5 Å². The Morgan fingerprint density at radius 1 is 0.371 bits per heavy atom. The maximum atomic E-state index is 9.47. The zero-order valence-electron chi connectivity index (χ0n) is 33.3. The summed E-state index contributed by atoms with van der Waals surface area (Å²) in [6, 6.07) is 73.7. The van der Waals surface area contributed by atoms with Crippen molar-refractivity contribution >= 4 is 10.8 Å². The molecule has 1 aromatic heterocycles. The molecule has 2 aliphatic rings. The lowest BCUT2D eigenvalue weighted by Crippen LogP contribution is -2.32. The molecule has 2 heterocycles. The summed E-state index contributed by atoms with van der Waals surface area (Å²) in [4.78, 5) is 15.5. The summed E-state index contributed by atoms with van der Waals surface area (Å²) < 4.78 is 7.15. The fraction of sp³-hybridized carbons (Fsp3) is 0.0175. The van der Waals surface area contributed by atoms with Crippen molar-refractivity contribution in [3.8, 4) is 85.1 Å². The van der Waals surface area contributed by atoms with Crippen molar-refractivity contribution < 1.29 is 4.74 Å². The number of nitrogens with zero attached hydrogens (tertiary/aromatic N) is 4. The third-order valence-corrected chi connectivity index (χ3v) is 12.5. The first-order valence-corrected chi connectivity index (χ1v) is 20.7. The molecule has 0 fully saturated rings. The summed E-state index contributed by atoms with van der Waals surface area (Å²) in [6.07, 6.45) is 0. The topological polar surface area (TPSA) is 71.7 Å². The SMILES string of the molecule is N#Cc1ccc(-c2ccc(-c3cccc4c3Oc3ccccc3C43c4ccccc4-c4c(-c5nc(-c6ccccc6)nc(-c6ccccc6)n5)cccc43)c3ccccc23)cc1. The maximum absolute atomic E-state index is 9.47. The molecule has 0 bridgehead atoms. The van der Waals surface area contributed by atoms with Crippen LogP contribution in [-0.4, -0.2) is 15.0 Å². The molecular formula is C57H34N4O. The third-order valence-electron chi connectivity index (χ3n) is 12.5. The minimum atomic E-state index is -0.724. The van der Waals surface area contributed by atoms with E-state index < -0.39 is 5.41 Å². The molecule has 0 saturated carbocycles. The molecule has 0 radical (unpaired) electrons. The van der Waals surface area contributed by atoms with E-state index in [1.165, 1.54) is 5.56 Å². The van der Waals surface area contributed by atoms with Gasteiger partial charge in [0.25, 0.3) is 0 Å². The van der Waals surface area contributed by atoms with Crippen molar-refractivity contribution in [1.82, 2.24) is 15.0 Å². The first-order chi connectivity index (χ1) is 30.7. The summed E-state index contributed by atoms with van der Waals surface area (Å²) in [7, 11) is 0. The van der Waals surface area contributed by atoms with Crippen LogP contribution in [0.25, 0.3) is 78.3 Å². The van der Waals surface area contributed by atoms with E-state index in [4.69, 9.17) is 19.7 Å². The van der Waals surface area contributed by atoms with E-state index in [9.17, 15) is 5.26 Å². The Morgan fingerprint density at radius 3 is 1.61 bits per heavy atom. The lowest BCUT2D eigenvalue weighted by atomic mass is 9.65. The normalized spacial score (nSPS) is 14.3. The summed E-state index contributed by atoms with van der Waals surface area (Å²) in [5.41, 5.74) is 13.7. The summed E-state index contributed by atoms with van der Waals surface area (Å²) in [5.74, 6) is 3.50. The van der Waals surface area contributed by atoms with Gasteiger partial charge in [0.2, 0.25) is 0 Å². The number of rotatable bonds is 5. The second-order valence-electron chi connectivity index (χ2n) is 15.7. The third kappa shape index (κ3) is 5.30. The standard InChI is InChI=1S/C57H34N4O/c58-35-36-29-31-37(32-30-36)40-33-34-43(42-20-8-7-19-41(40)42)44-22-13-27-50-53(44)62-51-28-12-11-25-48(51)57(50)47-24-10-9-21-45(47)52-46(23-14-26-49(52)57)56-60-54(38-15-3-1-4-16-38)59-55(61-56)39-17-5-2-6-18-39/h1-34H.